The summed E-state index contributed by atoms with van der Waals surface area (Å²) >= 11 is 4.15. The molecular formula is C11H14IN3S. The Hall–Kier alpha value is -0.400. The maximum Gasteiger partial charge on any atom is 0.107 e. The van der Waals surface area contributed by atoms with Gasteiger partial charge in [0.15, 0.2) is 0 Å². The molecule has 0 saturated carbocycles. The normalized spacial score (nSPS) is 12.9. The van der Waals surface area contributed by atoms with Gasteiger partial charge in [0.1, 0.15) is 5.82 Å². The van der Waals surface area contributed by atoms with Gasteiger partial charge in [-0.15, -0.1) is 11.3 Å². The zero-order chi connectivity index (χ0) is 11.4. The van der Waals surface area contributed by atoms with Crippen LogP contribution < -0.4 is 5.32 Å². The predicted octanol–water partition coefficient (Wildman–Crippen LogP) is 2.97. The molecule has 0 amide bonds. The van der Waals surface area contributed by atoms with Crippen LogP contribution in [-0.2, 0) is 6.42 Å². The molecule has 3 nitrogen and oxygen atoms in total. The fourth-order valence-electron chi connectivity index (χ4n) is 1.66. The Morgan fingerprint density at radius 3 is 3.06 bits per heavy atom. The first kappa shape index (κ1) is 12.1. The first-order valence-corrected chi connectivity index (χ1v) is 7.21. The third kappa shape index (κ3) is 3.05. The maximum absolute atomic E-state index is 4.28. The second-order valence-electron chi connectivity index (χ2n) is 3.53. The molecule has 2 aromatic rings. The first-order valence-electron chi connectivity index (χ1n) is 5.25. The molecule has 0 aliphatic heterocycles. The van der Waals surface area contributed by atoms with Gasteiger partial charge in [0.25, 0.3) is 0 Å². The van der Waals surface area contributed by atoms with Crippen molar-refractivity contribution in [2.24, 2.45) is 0 Å². The zero-order valence-electron chi connectivity index (χ0n) is 9.03. The van der Waals surface area contributed by atoms with Crippen molar-refractivity contribution in [2.75, 3.05) is 6.54 Å². The highest BCUT2D eigenvalue weighted by molar-refractivity contribution is 14.1. The number of aromatic nitrogens is 2. The number of nitrogens with zero attached hydrogens (tertiary/aromatic N) is 1. The Bertz CT molecular complexity index is 424. The second-order valence-corrected chi connectivity index (χ2v) is 6.34. The molecule has 1 atom stereocenters. The minimum Gasteiger partial charge on any atom is -0.349 e. The number of hydrogen-bond acceptors (Lipinski definition) is 3. The van der Waals surface area contributed by atoms with Crippen LogP contribution in [0.25, 0.3) is 0 Å². The maximum atomic E-state index is 4.28. The van der Waals surface area contributed by atoms with Crippen LogP contribution in [0, 0.1) is 2.88 Å². The topological polar surface area (TPSA) is 40.7 Å². The second kappa shape index (κ2) is 5.79. The quantitative estimate of drug-likeness (QED) is 0.817. The third-order valence-corrected chi connectivity index (χ3v) is 4.20. The van der Waals surface area contributed by atoms with Crippen molar-refractivity contribution >= 4 is 33.9 Å². The summed E-state index contributed by atoms with van der Waals surface area (Å²) in [6, 6.07) is 2.59. The van der Waals surface area contributed by atoms with E-state index in [1.165, 1.54) is 8.45 Å². The van der Waals surface area contributed by atoms with Crippen LogP contribution in [0.1, 0.15) is 24.4 Å². The highest BCUT2D eigenvalue weighted by atomic mass is 127. The number of aromatic amines is 1. The molecule has 0 spiro atoms. The minimum absolute atomic E-state index is 0.357. The number of halogens is 1. The van der Waals surface area contributed by atoms with Crippen molar-refractivity contribution in [3.8, 4) is 0 Å². The van der Waals surface area contributed by atoms with Gasteiger partial charge in [0.05, 0.1) is 2.88 Å². The van der Waals surface area contributed by atoms with Crippen LogP contribution in [0.3, 0.4) is 0 Å². The number of imidazole rings is 1. The molecular weight excluding hydrogens is 333 g/mol. The number of thiophene rings is 1. The molecule has 0 aliphatic rings. The average Bonchev–Trinajstić information content (AvgIpc) is 2.88. The highest BCUT2D eigenvalue weighted by Gasteiger charge is 2.13. The molecule has 0 aliphatic carbocycles. The van der Waals surface area contributed by atoms with Gasteiger partial charge in [-0.05, 0) is 46.1 Å². The lowest BCUT2D eigenvalue weighted by Gasteiger charge is -2.15. The summed E-state index contributed by atoms with van der Waals surface area (Å²) in [6.07, 6.45) is 4.58. The van der Waals surface area contributed by atoms with Gasteiger partial charge in [-0.3, -0.25) is 0 Å². The van der Waals surface area contributed by atoms with E-state index in [1.54, 1.807) is 17.5 Å². The van der Waals surface area contributed by atoms with E-state index in [2.05, 4.69) is 56.2 Å². The molecule has 2 rings (SSSR count). The number of rotatable bonds is 5. The molecule has 5 heteroatoms. The largest absolute Gasteiger partial charge is 0.349 e. The summed E-state index contributed by atoms with van der Waals surface area (Å²) in [4.78, 5) is 7.43. The Morgan fingerprint density at radius 2 is 2.50 bits per heavy atom. The van der Waals surface area contributed by atoms with E-state index in [-0.39, 0.29) is 0 Å². The molecule has 0 saturated heterocycles. The number of H-pyrrole nitrogens is 1. The molecule has 0 aromatic carbocycles. The van der Waals surface area contributed by atoms with E-state index in [1.807, 2.05) is 6.20 Å². The smallest absolute Gasteiger partial charge is 0.107 e. The molecule has 2 N–H and O–H groups in total. The molecule has 16 heavy (non-hydrogen) atoms. The first-order chi connectivity index (χ1) is 7.79. The van der Waals surface area contributed by atoms with E-state index in [9.17, 15) is 0 Å². The van der Waals surface area contributed by atoms with Gasteiger partial charge in [0, 0.05) is 24.9 Å². The monoisotopic (exact) mass is 347 g/mol. The fraction of sp³-hybridized carbons (Fsp3) is 0.364. The summed E-state index contributed by atoms with van der Waals surface area (Å²) < 4.78 is 1.33. The van der Waals surface area contributed by atoms with Crippen LogP contribution in [0.4, 0.5) is 0 Å². The zero-order valence-corrected chi connectivity index (χ0v) is 12.0. The number of nitrogens with one attached hydrogen (secondary N) is 2. The van der Waals surface area contributed by atoms with E-state index < -0.39 is 0 Å². The van der Waals surface area contributed by atoms with Crippen LogP contribution >= 0.6 is 33.9 Å². The third-order valence-electron chi connectivity index (χ3n) is 2.39. The van der Waals surface area contributed by atoms with E-state index in [0.29, 0.717) is 6.04 Å². The Labute approximate surface area is 113 Å². The Balaban J connectivity index is 2.11. The SMILES string of the molecule is CCNC(Cc1ncc[nH]1)c1csc(I)c1. The van der Waals surface area contributed by atoms with Crippen molar-refractivity contribution < 1.29 is 0 Å². The van der Waals surface area contributed by atoms with Crippen LogP contribution in [0.5, 0.6) is 0 Å². The Morgan fingerprint density at radius 1 is 1.62 bits per heavy atom. The summed E-state index contributed by atoms with van der Waals surface area (Å²) in [5, 5.41) is 5.71. The molecule has 0 bridgehead atoms. The lowest BCUT2D eigenvalue weighted by molar-refractivity contribution is 0.540. The van der Waals surface area contributed by atoms with Gasteiger partial charge < -0.3 is 10.3 Å². The van der Waals surface area contributed by atoms with Crippen LogP contribution in [0.15, 0.2) is 23.8 Å². The van der Waals surface area contributed by atoms with Crippen molar-refractivity contribution in [2.45, 2.75) is 19.4 Å². The van der Waals surface area contributed by atoms with E-state index in [0.717, 1.165) is 18.8 Å². The predicted molar refractivity (Wildman–Crippen MR) is 75.7 cm³/mol. The van der Waals surface area contributed by atoms with Crippen LogP contribution in [0.2, 0.25) is 0 Å². The molecule has 0 radical (unpaired) electrons. The molecule has 1 unspecified atom stereocenters. The van der Waals surface area contributed by atoms with Gasteiger partial charge in [-0.2, -0.15) is 0 Å². The van der Waals surface area contributed by atoms with Crippen molar-refractivity contribution in [1.29, 1.82) is 0 Å². The molecule has 0 fully saturated rings. The van der Waals surface area contributed by atoms with Gasteiger partial charge in [-0.1, -0.05) is 6.92 Å². The summed E-state index contributed by atoms with van der Waals surface area (Å²) in [5.41, 5.74) is 1.35. The van der Waals surface area contributed by atoms with Gasteiger partial charge in [-0.25, -0.2) is 4.98 Å². The summed E-state index contributed by atoms with van der Waals surface area (Å²) in [6.45, 7) is 3.10. The van der Waals surface area contributed by atoms with E-state index >= 15 is 0 Å². The Kier molecular flexibility index (Phi) is 4.37. The lowest BCUT2D eigenvalue weighted by Crippen LogP contribution is -2.22. The van der Waals surface area contributed by atoms with Crippen molar-refractivity contribution in [3.05, 3.63) is 38.1 Å². The highest BCUT2D eigenvalue weighted by Crippen LogP contribution is 2.24. The minimum atomic E-state index is 0.357. The van der Waals surface area contributed by atoms with Gasteiger partial charge in [0.2, 0.25) is 0 Å². The van der Waals surface area contributed by atoms with E-state index in [4.69, 9.17) is 0 Å². The summed E-state index contributed by atoms with van der Waals surface area (Å²) in [7, 11) is 0. The van der Waals surface area contributed by atoms with Crippen molar-refractivity contribution in [1.82, 2.24) is 15.3 Å². The standard InChI is InChI=1S/C11H14IN3S/c1-2-13-9(6-11-14-3-4-15-11)8-5-10(12)16-7-8/h3-5,7,9,13H,2,6H2,1H3,(H,14,15). The molecule has 2 heterocycles. The number of likely N-dealkylation sites (N-methyl/N-ethyl adjacent to an activating group) is 1. The number of hydrogen-bond donors (Lipinski definition) is 2. The lowest BCUT2D eigenvalue weighted by atomic mass is 10.1. The molecule has 86 valence electrons. The molecule has 2 aromatic heterocycles. The summed E-state index contributed by atoms with van der Waals surface area (Å²) in [5.74, 6) is 1.03. The van der Waals surface area contributed by atoms with Gasteiger partial charge >= 0.3 is 0 Å². The fourth-order valence-corrected chi connectivity index (χ4v) is 3.09. The van der Waals surface area contributed by atoms with Crippen molar-refractivity contribution in [3.63, 3.8) is 0 Å². The average molecular weight is 347 g/mol. The van der Waals surface area contributed by atoms with Crippen LogP contribution in [-0.4, -0.2) is 16.5 Å².